The first-order valence-corrected chi connectivity index (χ1v) is 8.21. The predicted molar refractivity (Wildman–Crippen MR) is 101 cm³/mol. The van der Waals surface area contributed by atoms with Crippen molar-refractivity contribution in [1.82, 2.24) is 4.90 Å². The molecule has 1 atom stereocenters. The summed E-state index contributed by atoms with van der Waals surface area (Å²) in [5.74, 6) is 0.527. The Labute approximate surface area is 152 Å². The van der Waals surface area contributed by atoms with Gasteiger partial charge in [-0.05, 0) is 32.5 Å². The molecule has 0 bridgehead atoms. The van der Waals surface area contributed by atoms with Gasteiger partial charge in [-0.1, -0.05) is 24.3 Å². The first-order valence-electron chi connectivity index (χ1n) is 8.21. The highest BCUT2D eigenvalue weighted by Gasteiger charge is 2.19. The van der Waals surface area contributed by atoms with Gasteiger partial charge in [0, 0.05) is 23.7 Å². The number of rotatable bonds is 7. The van der Waals surface area contributed by atoms with Crippen LogP contribution in [0.5, 0.6) is 5.75 Å². The molecule has 0 aliphatic carbocycles. The van der Waals surface area contributed by atoms with Crippen LogP contribution in [0.4, 0.5) is 11.4 Å². The van der Waals surface area contributed by atoms with Crippen molar-refractivity contribution in [2.45, 2.75) is 19.9 Å². The molecule has 0 saturated carbocycles. The summed E-state index contributed by atoms with van der Waals surface area (Å²) in [6.07, 6.45) is 0. The van der Waals surface area contributed by atoms with E-state index in [-0.39, 0.29) is 24.2 Å². The Morgan fingerprint density at radius 1 is 1.31 bits per heavy atom. The van der Waals surface area contributed by atoms with Crippen molar-refractivity contribution >= 4 is 17.3 Å². The highest BCUT2D eigenvalue weighted by molar-refractivity contribution is 5.93. The Morgan fingerprint density at radius 2 is 2.00 bits per heavy atom. The van der Waals surface area contributed by atoms with E-state index in [0.29, 0.717) is 5.69 Å². The summed E-state index contributed by atoms with van der Waals surface area (Å²) in [5.41, 5.74) is 2.14. The zero-order valence-electron chi connectivity index (χ0n) is 15.4. The third-order valence-corrected chi connectivity index (χ3v) is 4.35. The second-order valence-corrected chi connectivity index (χ2v) is 6.14. The fraction of sp³-hybridized carbons (Fsp3) is 0.316. The van der Waals surface area contributed by atoms with Crippen molar-refractivity contribution in [3.8, 4) is 5.75 Å². The second-order valence-electron chi connectivity index (χ2n) is 6.14. The normalized spacial score (nSPS) is 11.9. The largest absolute Gasteiger partial charge is 0.496 e. The fourth-order valence-corrected chi connectivity index (χ4v) is 2.66. The number of nitrogens with zero attached hydrogens (tertiary/aromatic N) is 2. The van der Waals surface area contributed by atoms with Crippen molar-refractivity contribution in [1.29, 1.82) is 0 Å². The van der Waals surface area contributed by atoms with Crippen LogP contribution in [-0.4, -0.2) is 36.4 Å². The lowest BCUT2D eigenvalue weighted by molar-refractivity contribution is -0.384. The molecular weight excluding hydrogens is 334 g/mol. The van der Waals surface area contributed by atoms with Gasteiger partial charge < -0.3 is 10.1 Å². The van der Waals surface area contributed by atoms with E-state index < -0.39 is 4.92 Å². The van der Waals surface area contributed by atoms with Crippen LogP contribution in [0.25, 0.3) is 0 Å². The Balaban J connectivity index is 2.07. The molecule has 2 aromatic carbocycles. The van der Waals surface area contributed by atoms with E-state index in [1.807, 2.05) is 43.1 Å². The lowest BCUT2D eigenvalue weighted by Crippen LogP contribution is -2.32. The predicted octanol–water partition coefficient (Wildman–Crippen LogP) is 3.54. The number of nitrogens with one attached hydrogen (secondary N) is 1. The minimum absolute atomic E-state index is 0.0388. The number of amides is 1. The quantitative estimate of drug-likeness (QED) is 0.605. The first kappa shape index (κ1) is 19.4. The number of carbonyl (C=O) groups is 1. The number of para-hydroxylation sites is 1. The number of nitro groups is 1. The summed E-state index contributed by atoms with van der Waals surface area (Å²) in [6, 6.07) is 12.0. The van der Waals surface area contributed by atoms with Gasteiger partial charge in [0.1, 0.15) is 5.75 Å². The fourth-order valence-electron chi connectivity index (χ4n) is 2.66. The highest BCUT2D eigenvalue weighted by atomic mass is 16.6. The minimum atomic E-state index is -0.481. The number of benzene rings is 2. The molecule has 0 aromatic heterocycles. The van der Waals surface area contributed by atoms with Gasteiger partial charge in [0.05, 0.1) is 24.3 Å². The molecule has 1 amide bonds. The Bertz CT molecular complexity index is 807. The summed E-state index contributed by atoms with van der Waals surface area (Å²) < 4.78 is 5.38. The molecule has 1 unspecified atom stereocenters. The molecule has 7 heteroatoms. The third kappa shape index (κ3) is 4.58. The SMILES string of the molecule is COc1ccccc1C(C)N(C)CC(=O)Nc1cc([N+](=O)[O-])ccc1C. The van der Waals surface area contributed by atoms with Gasteiger partial charge in [-0.3, -0.25) is 19.8 Å². The molecule has 0 spiro atoms. The smallest absolute Gasteiger partial charge is 0.271 e. The van der Waals surface area contributed by atoms with E-state index in [0.717, 1.165) is 16.9 Å². The molecule has 2 aromatic rings. The van der Waals surface area contributed by atoms with Gasteiger partial charge in [-0.15, -0.1) is 0 Å². The van der Waals surface area contributed by atoms with Gasteiger partial charge in [-0.2, -0.15) is 0 Å². The summed E-state index contributed by atoms with van der Waals surface area (Å²) >= 11 is 0. The monoisotopic (exact) mass is 357 g/mol. The molecular formula is C19H23N3O4. The summed E-state index contributed by atoms with van der Waals surface area (Å²) in [4.78, 5) is 24.7. The summed E-state index contributed by atoms with van der Waals surface area (Å²) in [5, 5.41) is 13.7. The lowest BCUT2D eigenvalue weighted by atomic mass is 10.1. The molecule has 26 heavy (non-hydrogen) atoms. The van der Waals surface area contributed by atoms with E-state index in [4.69, 9.17) is 4.74 Å². The molecule has 7 nitrogen and oxygen atoms in total. The van der Waals surface area contributed by atoms with Crippen LogP contribution in [0.2, 0.25) is 0 Å². The molecule has 0 aliphatic rings. The van der Waals surface area contributed by atoms with Crippen molar-refractivity contribution in [2.75, 3.05) is 26.0 Å². The number of non-ortho nitro benzene ring substituents is 1. The summed E-state index contributed by atoms with van der Waals surface area (Å²) in [7, 11) is 3.46. The number of anilines is 1. The number of ether oxygens (including phenoxy) is 1. The van der Waals surface area contributed by atoms with E-state index >= 15 is 0 Å². The third-order valence-electron chi connectivity index (χ3n) is 4.35. The Morgan fingerprint density at radius 3 is 2.65 bits per heavy atom. The van der Waals surface area contributed by atoms with Gasteiger partial charge in [0.25, 0.3) is 5.69 Å². The number of hydrogen-bond donors (Lipinski definition) is 1. The van der Waals surface area contributed by atoms with Crippen LogP contribution in [0, 0.1) is 17.0 Å². The lowest BCUT2D eigenvalue weighted by Gasteiger charge is -2.26. The van der Waals surface area contributed by atoms with E-state index in [2.05, 4.69) is 5.32 Å². The standard InChI is InChI=1S/C19H23N3O4/c1-13-9-10-15(22(24)25)11-17(13)20-19(23)12-21(3)14(2)16-7-5-6-8-18(16)26-4/h5-11,14H,12H2,1-4H3,(H,20,23). The molecule has 0 aliphatic heterocycles. The van der Waals surface area contributed by atoms with E-state index in [9.17, 15) is 14.9 Å². The minimum Gasteiger partial charge on any atom is -0.496 e. The van der Waals surface area contributed by atoms with Crippen molar-refractivity contribution < 1.29 is 14.5 Å². The van der Waals surface area contributed by atoms with Crippen LogP contribution >= 0.6 is 0 Å². The first-order chi connectivity index (χ1) is 12.3. The Hall–Kier alpha value is -2.93. The highest BCUT2D eigenvalue weighted by Crippen LogP contribution is 2.28. The number of hydrogen-bond acceptors (Lipinski definition) is 5. The Kier molecular flexibility index (Phi) is 6.30. The molecule has 0 heterocycles. The van der Waals surface area contributed by atoms with Crippen LogP contribution in [-0.2, 0) is 4.79 Å². The summed E-state index contributed by atoms with van der Waals surface area (Å²) in [6.45, 7) is 3.92. The van der Waals surface area contributed by atoms with Gasteiger partial charge >= 0.3 is 0 Å². The average Bonchev–Trinajstić information content (AvgIpc) is 2.62. The number of nitro benzene ring substituents is 1. The second kappa shape index (κ2) is 8.44. The van der Waals surface area contributed by atoms with Gasteiger partial charge in [0.15, 0.2) is 0 Å². The van der Waals surface area contributed by atoms with E-state index in [1.165, 1.54) is 12.1 Å². The molecule has 0 fully saturated rings. The van der Waals surface area contributed by atoms with E-state index in [1.54, 1.807) is 20.1 Å². The maximum atomic E-state index is 12.4. The molecule has 138 valence electrons. The van der Waals surface area contributed by atoms with Crippen molar-refractivity contribution in [3.05, 3.63) is 63.7 Å². The molecule has 0 saturated heterocycles. The molecule has 0 radical (unpaired) electrons. The van der Waals surface area contributed by atoms with Crippen LogP contribution < -0.4 is 10.1 Å². The van der Waals surface area contributed by atoms with Crippen LogP contribution in [0.15, 0.2) is 42.5 Å². The van der Waals surface area contributed by atoms with Crippen molar-refractivity contribution in [3.63, 3.8) is 0 Å². The number of carbonyl (C=O) groups excluding carboxylic acids is 1. The van der Waals surface area contributed by atoms with Gasteiger partial charge in [0.2, 0.25) is 5.91 Å². The number of aryl methyl sites for hydroxylation is 1. The molecule has 2 rings (SSSR count). The maximum absolute atomic E-state index is 12.4. The number of likely N-dealkylation sites (N-methyl/N-ethyl adjacent to an activating group) is 1. The topological polar surface area (TPSA) is 84.7 Å². The van der Waals surface area contributed by atoms with Crippen molar-refractivity contribution in [2.24, 2.45) is 0 Å². The molecule has 1 N–H and O–H groups in total. The van der Waals surface area contributed by atoms with Crippen LogP contribution in [0.1, 0.15) is 24.1 Å². The zero-order valence-corrected chi connectivity index (χ0v) is 15.4. The van der Waals surface area contributed by atoms with Crippen LogP contribution in [0.3, 0.4) is 0 Å². The maximum Gasteiger partial charge on any atom is 0.271 e. The van der Waals surface area contributed by atoms with Gasteiger partial charge in [-0.25, -0.2) is 0 Å². The zero-order chi connectivity index (χ0) is 19.3. The average molecular weight is 357 g/mol. The number of methoxy groups -OCH3 is 1.